The number of aryl methyl sites for hydroxylation is 1. The standard InChI is InChI=1S/C19H27N9O2S/c1-6-11-26(5)18-17(22-14(2)3)24-25-19(23-18)28(27-12-20-21-13-27)31(29,30)16-9-7-15(4)8-10-16/h7-10,12-14H,6,11H2,1-5H3,(H,22,24). The number of sulfonamides is 1. The van der Waals surface area contributed by atoms with Gasteiger partial charge < -0.3 is 10.2 Å². The summed E-state index contributed by atoms with van der Waals surface area (Å²) in [5.74, 6) is 0.858. The number of benzene rings is 1. The summed E-state index contributed by atoms with van der Waals surface area (Å²) >= 11 is 0. The fourth-order valence-corrected chi connectivity index (χ4v) is 4.20. The monoisotopic (exact) mass is 445 g/mol. The van der Waals surface area contributed by atoms with Gasteiger partial charge in [-0.15, -0.1) is 24.8 Å². The molecule has 0 aliphatic rings. The molecule has 1 N–H and O–H groups in total. The molecule has 31 heavy (non-hydrogen) atoms. The van der Waals surface area contributed by atoms with Gasteiger partial charge in [-0.25, -0.2) is 4.68 Å². The molecule has 12 heteroatoms. The van der Waals surface area contributed by atoms with Gasteiger partial charge in [-0.2, -0.15) is 13.4 Å². The van der Waals surface area contributed by atoms with Crippen molar-refractivity contribution in [2.24, 2.45) is 0 Å². The molecule has 0 amide bonds. The van der Waals surface area contributed by atoms with Crippen molar-refractivity contribution in [3.8, 4) is 0 Å². The average Bonchev–Trinajstić information content (AvgIpc) is 3.23. The van der Waals surface area contributed by atoms with E-state index in [4.69, 9.17) is 0 Å². The Morgan fingerprint density at radius 3 is 2.32 bits per heavy atom. The van der Waals surface area contributed by atoms with E-state index in [1.54, 1.807) is 12.1 Å². The smallest absolute Gasteiger partial charge is 0.285 e. The van der Waals surface area contributed by atoms with Crippen LogP contribution in [0.1, 0.15) is 32.8 Å². The van der Waals surface area contributed by atoms with E-state index in [9.17, 15) is 8.42 Å². The SMILES string of the molecule is CCCN(C)c1nc(N(n2cnnc2)S(=O)(=O)c2ccc(C)cc2)nnc1NC(C)C. The molecule has 0 spiro atoms. The third kappa shape index (κ3) is 4.90. The van der Waals surface area contributed by atoms with Crippen molar-refractivity contribution < 1.29 is 8.42 Å². The van der Waals surface area contributed by atoms with Crippen LogP contribution in [0.15, 0.2) is 41.8 Å². The molecule has 0 aliphatic carbocycles. The van der Waals surface area contributed by atoms with Crippen LogP contribution in [0, 0.1) is 6.92 Å². The van der Waals surface area contributed by atoms with E-state index in [1.807, 2.05) is 39.6 Å². The highest BCUT2D eigenvalue weighted by atomic mass is 32.2. The Bertz CT molecular complexity index is 1100. The van der Waals surface area contributed by atoms with Crippen molar-refractivity contribution in [2.75, 3.05) is 28.2 Å². The van der Waals surface area contributed by atoms with E-state index in [0.717, 1.165) is 16.4 Å². The van der Waals surface area contributed by atoms with Crippen LogP contribution < -0.4 is 14.6 Å². The molecule has 0 saturated carbocycles. The maximum absolute atomic E-state index is 13.5. The van der Waals surface area contributed by atoms with Gasteiger partial charge >= 0.3 is 0 Å². The third-order valence-electron chi connectivity index (χ3n) is 4.34. The van der Waals surface area contributed by atoms with E-state index in [2.05, 4.69) is 30.7 Å². The Kier molecular flexibility index (Phi) is 6.68. The van der Waals surface area contributed by atoms with E-state index >= 15 is 0 Å². The van der Waals surface area contributed by atoms with Crippen molar-refractivity contribution >= 4 is 27.6 Å². The Balaban J connectivity index is 2.16. The lowest BCUT2D eigenvalue weighted by Crippen LogP contribution is -2.37. The first-order chi connectivity index (χ1) is 14.7. The molecule has 2 aromatic heterocycles. The zero-order valence-corrected chi connectivity index (χ0v) is 19.1. The summed E-state index contributed by atoms with van der Waals surface area (Å²) in [7, 11) is -2.20. The number of nitrogens with one attached hydrogen (secondary N) is 1. The number of hydrogen-bond acceptors (Lipinski definition) is 9. The van der Waals surface area contributed by atoms with Gasteiger partial charge in [-0.3, -0.25) is 0 Å². The Hall–Kier alpha value is -3.28. The molecular weight excluding hydrogens is 418 g/mol. The lowest BCUT2D eigenvalue weighted by atomic mass is 10.2. The summed E-state index contributed by atoms with van der Waals surface area (Å²) in [6.45, 7) is 8.60. The molecule has 0 aliphatic heterocycles. The van der Waals surface area contributed by atoms with Crippen LogP contribution in [-0.4, -0.2) is 58.1 Å². The highest BCUT2D eigenvalue weighted by Gasteiger charge is 2.31. The van der Waals surface area contributed by atoms with E-state index < -0.39 is 10.0 Å². The summed E-state index contributed by atoms with van der Waals surface area (Å²) < 4.78 is 29.2. The third-order valence-corrected chi connectivity index (χ3v) is 6.01. The highest BCUT2D eigenvalue weighted by molar-refractivity contribution is 7.92. The summed E-state index contributed by atoms with van der Waals surface area (Å²) in [6.07, 6.45) is 3.42. The van der Waals surface area contributed by atoms with Crippen molar-refractivity contribution in [3.05, 3.63) is 42.5 Å². The maximum atomic E-state index is 13.5. The molecule has 0 fully saturated rings. The molecule has 11 nitrogen and oxygen atoms in total. The van der Waals surface area contributed by atoms with E-state index in [1.165, 1.54) is 29.5 Å². The molecule has 0 bridgehead atoms. The lowest BCUT2D eigenvalue weighted by molar-refractivity contribution is 0.580. The summed E-state index contributed by atoms with van der Waals surface area (Å²) in [6, 6.07) is 6.63. The van der Waals surface area contributed by atoms with Crippen molar-refractivity contribution in [3.63, 3.8) is 0 Å². The molecule has 0 saturated heterocycles. The van der Waals surface area contributed by atoms with Gasteiger partial charge in [0.2, 0.25) is 0 Å². The van der Waals surface area contributed by atoms with Crippen molar-refractivity contribution in [1.29, 1.82) is 0 Å². The van der Waals surface area contributed by atoms with Crippen LogP contribution in [0.5, 0.6) is 0 Å². The van der Waals surface area contributed by atoms with Crippen LogP contribution in [-0.2, 0) is 10.0 Å². The molecule has 0 atom stereocenters. The maximum Gasteiger partial charge on any atom is 0.285 e. The van der Waals surface area contributed by atoms with Gasteiger partial charge in [0.15, 0.2) is 11.6 Å². The highest BCUT2D eigenvalue weighted by Crippen LogP contribution is 2.26. The van der Waals surface area contributed by atoms with Crippen LogP contribution >= 0.6 is 0 Å². The largest absolute Gasteiger partial charge is 0.363 e. The number of rotatable bonds is 9. The van der Waals surface area contributed by atoms with Crippen molar-refractivity contribution in [2.45, 2.75) is 45.1 Å². The second-order valence-corrected chi connectivity index (χ2v) is 9.17. The zero-order chi connectivity index (χ0) is 22.6. The molecule has 0 radical (unpaired) electrons. The summed E-state index contributed by atoms with van der Waals surface area (Å²) in [5, 5.41) is 19.1. The minimum Gasteiger partial charge on any atom is -0.363 e. The number of aromatic nitrogens is 6. The minimum atomic E-state index is -4.07. The molecule has 3 aromatic rings. The minimum absolute atomic E-state index is 0.0863. The van der Waals surface area contributed by atoms with E-state index in [0.29, 0.717) is 18.2 Å². The van der Waals surface area contributed by atoms with Crippen LogP contribution in [0.3, 0.4) is 0 Å². The van der Waals surface area contributed by atoms with Gasteiger partial charge in [-0.1, -0.05) is 24.6 Å². The first-order valence-electron chi connectivity index (χ1n) is 9.93. The predicted molar refractivity (Wildman–Crippen MR) is 118 cm³/mol. The van der Waals surface area contributed by atoms with Gasteiger partial charge in [0.05, 0.1) is 4.90 Å². The molecule has 3 rings (SSSR count). The summed E-state index contributed by atoms with van der Waals surface area (Å²) in [4.78, 5) is 6.56. The van der Waals surface area contributed by atoms with Crippen LogP contribution in [0.25, 0.3) is 0 Å². The second-order valence-electron chi connectivity index (χ2n) is 7.41. The number of anilines is 3. The van der Waals surface area contributed by atoms with Gasteiger partial charge in [0.1, 0.15) is 12.7 Å². The Morgan fingerprint density at radius 2 is 1.74 bits per heavy atom. The molecule has 2 heterocycles. The van der Waals surface area contributed by atoms with Gasteiger partial charge in [0.25, 0.3) is 16.0 Å². The molecular formula is C19H27N9O2S. The first-order valence-corrected chi connectivity index (χ1v) is 11.4. The fourth-order valence-electron chi connectivity index (χ4n) is 2.90. The molecule has 1 aromatic carbocycles. The summed E-state index contributed by atoms with van der Waals surface area (Å²) in [5.41, 5.74) is 0.945. The number of nitrogens with zero attached hydrogens (tertiary/aromatic N) is 8. The quantitative estimate of drug-likeness (QED) is 0.527. The normalized spacial score (nSPS) is 11.5. The fraction of sp³-hybridized carbons (Fsp3) is 0.421. The van der Waals surface area contributed by atoms with Crippen LogP contribution in [0.2, 0.25) is 0 Å². The topological polar surface area (TPSA) is 122 Å². The molecule has 166 valence electrons. The number of hydrogen-bond donors (Lipinski definition) is 1. The zero-order valence-electron chi connectivity index (χ0n) is 18.3. The Labute approximate surface area is 182 Å². The Morgan fingerprint density at radius 1 is 1.10 bits per heavy atom. The first kappa shape index (κ1) is 22.4. The molecule has 0 unspecified atom stereocenters. The second kappa shape index (κ2) is 9.25. The van der Waals surface area contributed by atoms with Gasteiger partial charge in [-0.05, 0) is 39.3 Å². The average molecular weight is 446 g/mol. The van der Waals surface area contributed by atoms with E-state index in [-0.39, 0.29) is 16.9 Å². The van der Waals surface area contributed by atoms with Crippen LogP contribution in [0.4, 0.5) is 17.6 Å². The predicted octanol–water partition coefficient (Wildman–Crippen LogP) is 2.10. The van der Waals surface area contributed by atoms with Gasteiger partial charge in [0, 0.05) is 19.6 Å². The van der Waals surface area contributed by atoms with Crippen molar-refractivity contribution in [1.82, 2.24) is 30.1 Å². The lowest BCUT2D eigenvalue weighted by Gasteiger charge is -2.25.